The van der Waals surface area contributed by atoms with Crippen molar-refractivity contribution in [3.05, 3.63) is 47.5 Å². The monoisotopic (exact) mass is 234 g/mol. The normalized spacial score (nSPS) is 10.6. The molecule has 0 atom stereocenters. The van der Waals surface area contributed by atoms with E-state index >= 15 is 0 Å². The molecule has 0 aliphatic heterocycles. The van der Waals surface area contributed by atoms with Crippen molar-refractivity contribution >= 4 is 12.6 Å². The SMILES string of the molecule is Cc1ccn(Cc2cc(F)cc(B(O)O)c2)n1. The molecule has 1 aromatic carbocycles. The molecule has 17 heavy (non-hydrogen) atoms. The highest BCUT2D eigenvalue weighted by molar-refractivity contribution is 6.58. The molecular weight excluding hydrogens is 222 g/mol. The molecule has 0 saturated heterocycles. The second kappa shape index (κ2) is 4.69. The average Bonchev–Trinajstić information content (AvgIpc) is 2.63. The van der Waals surface area contributed by atoms with Gasteiger partial charge in [0.05, 0.1) is 12.2 Å². The van der Waals surface area contributed by atoms with Gasteiger partial charge in [0, 0.05) is 6.20 Å². The van der Waals surface area contributed by atoms with Crippen molar-refractivity contribution in [2.75, 3.05) is 0 Å². The standard InChI is InChI=1S/C11H12BFN2O2/c1-8-2-3-15(14-8)7-9-4-10(12(16)17)6-11(13)5-9/h2-6,16-17H,7H2,1H3. The second-order valence-electron chi connectivity index (χ2n) is 3.92. The molecule has 88 valence electrons. The minimum absolute atomic E-state index is 0.142. The minimum atomic E-state index is -1.66. The van der Waals surface area contributed by atoms with Gasteiger partial charge in [-0.3, -0.25) is 4.68 Å². The van der Waals surface area contributed by atoms with Crippen LogP contribution in [-0.2, 0) is 6.54 Å². The van der Waals surface area contributed by atoms with Crippen LogP contribution in [0.5, 0.6) is 0 Å². The van der Waals surface area contributed by atoms with Crippen molar-refractivity contribution in [3.8, 4) is 0 Å². The van der Waals surface area contributed by atoms with E-state index in [0.29, 0.717) is 12.1 Å². The molecule has 2 aromatic rings. The van der Waals surface area contributed by atoms with Crippen LogP contribution >= 0.6 is 0 Å². The van der Waals surface area contributed by atoms with Gasteiger partial charge >= 0.3 is 7.12 Å². The van der Waals surface area contributed by atoms with Gasteiger partial charge in [-0.2, -0.15) is 5.10 Å². The summed E-state index contributed by atoms with van der Waals surface area (Å²) in [6.07, 6.45) is 1.79. The van der Waals surface area contributed by atoms with Crippen LogP contribution in [-0.4, -0.2) is 26.9 Å². The van der Waals surface area contributed by atoms with Gasteiger partial charge in [-0.15, -0.1) is 0 Å². The molecule has 0 aliphatic carbocycles. The molecule has 6 heteroatoms. The molecule has 2 N–H and O–H groups in total. The molecule has 0 bridgehead atoms. The predicted octanol–water partition coefficient (Wildman–Crippen LogP) is 0.0587. The zero-order valence-corrected chi connectivity index (χ0v) is 9.34. The Kier molecular flexibility index (Phi) is 3.26. The molecule has 0 aliphatic rings. The van der Waals surface area contributed by atoms with Gasteiger partial charge in [0.1, 0.15) is 5.82 Å². The highest BCUT2D eigenvalue weighted by Crippen LogP contribution is 2.05. The van der Waals surface area contributed by atoms with Crippen molar-refractivity contribution in [1.29, 1.82) is 0 Å². The van der Waals surface area contributed by atoms with E-state index in [0.717, 1.165) is 11.8 Å². The van der Waals surface area contributed by atoms with E-state index in [-0.39, 0.29) is 5.46 Å². The van der Waals surface area contributed by atoms with Crippen LogP contribution in [0.15, 0.2) is 30.5 Å². The first kappa shape index (κ1) is 11.8. The molecule has 2 rings (SSSR count). The largest absolute Gasteiger partial charge is 0.488 e. The van der Waals surface area contributed by atoms with Crippen LogP contribution < -0.4 is 5.46 Å². The van der Waals surface area contributed by atoms with Crippen LogP contribution in [0.25, 0.3) is 0 Å². The van der Waals surface area contributed by atoms with E-state index < -0.39 is 12.9 Å². The zero-order chi connectivity index (χ0) is 12.4. The highest BCUT2D eigenvalue weighted by atomic mass is 19.1. The van der Waals surface area contributed by atoms with E-state index in [1.54, 1.807) is 16.9 Å². The van der Waals surface area contributed by atoms with Gasteiger partial charge in [0.15, 0.2) is 0 Å². The highest BCUT2D eigenvalue weighted by Gasteiger charge is 2.13. The Bertz CT molecular complexity index is 528. The molecule has 4 nitrogen and oxygen atoms in total. The van der Waals surface area contributed by atoms with E-state index in [1.165, 1.54) is 6.07 Å². The third kappa shape index (κ3) is 2.92. The summed E-state index contributed by atoms with van der Waals surface area (Å²) >= 11 is 0. The Morgan fingerprint density at radius 2 is 2.12 bits per heavy atom. The number of aromatic nitrogens is 2. The summed E-state index contributed by atoms with van der Waals surface area (Å²) in [4.78, 5) is 0. The van der Waals surface area contributed by atoms with Crippen molar-refractivity contribution in [2.45, 2.75) is 13.5 Å². The first-order valence-corrected chi connectivity index (χ1v) is 5.20. The van der Waals surface area contributed by atoms with Crippen LogP contribution in [0.1, 0.15) is 11.3 Å². The molecule has 0 amide bonds. The molecule has 1 aromatic heterocycles. The van der Waals surface area contributed by atoms with Crippen molar-refractivity contribution in [1.82, 2.24) is 9.78 Å². The third-order valence-corrected chi connectivity index (χ3v) is 2.40. The number of aryl methyl sites for hydroxylation is 1. The van der Waals surface area contributed by atoms with Gasteiger partial charge in [0.2, 0.25) is 0 Å². The quantitative estimate of drug-likeness (QED) is 0.738. The Morgan fingerprint density at radius 3 is 2.71 bits per heavy atom. The molecule has 0 unspecified atom stereocenters. The van der Waals surface area contributed by atoms with Crippen LogP contribution in [0.3, 0.4) is 0 Å². The molecular formula is C11H12BFN2O2. The third-order valence-electron chi connectivity index (χ3n) is 2.40. The number of rotatable bonds is 3. The predicted molar refractivity (Wildman–Crippen MR) is 62.3 cm³/mol. The smallest absolute Gasteiger partial charge is 0.423 e. The van der Waals surface area contributed by atoms with Crippen molar-refractivity contribution in [2.24, 2.45) is 0 Å². The van der Waals surface area contributed by atoms with Crippen LogP contribution in [0, 0.1) is 12.7 Å². The second-order valence-corrected chi connectivity index (χ2v) is 3.92. The Labute approximate surface area is 98.5 Å². The molecule has 0 saturated carbocycles. The molecule has 0 fully saturated rings. The lowest BCUT2D eigenvalue weighted by Crippen LogP contribution is -2.30. The van der Waals surface area contributed by atoms with E-state index in [2.05, 4.69) is 5.10 Å². The summed E-state index contributed by atoms with van der Waals surface area (Å²) in [5.74, 6) is -0.491. The lowest BCUT2D eigenvalue weighted by Gasteiger charge is -2.06. The van der Waals surface area contributed by atoms with Crippen LogP contribution in [0.2, 0.25) is 0 Å². The minimum Gasteiger partial charge on any atom is -0.423 e. The molecule has 0 radical (unpaired) electrons. The Hall–Kier alpha value is -1.66. The van der Waals surface area contributed by atoms with E-state index in [9.17, 15) is 4.39 Å². The maximum atomic E-state index is 13.2. The first-order valence-electron chi connectivity index (χ1n) is 5.20. The molecule has 0 spiro atoms. The molecule has 1 heterocycles. The summed E-state index contributed by atoms with van der Waals surface area (Å²) in [6, 6.07) is 5.84. The lowest BCUT2D eigenvalue weighted by atomic mass is 9.79. The number of nitrogens with zero attached hydrogens (tertiary/aromatic N) is 2. The summed E-state index contributed by atoms with van der Waals surface area (Å²) in [5.41, 5.74) is 1.66. The number of halogens is 1. The zero-order valence-electron chi connectivity index (χ0n) is 9.34. The van der Waals surface area contributed by atoms with Gasteiger partial charge < -0.3 is 10.0 Å². The number of hydrogen-bond acceptors (Lipinski definition) is 3. The van der Waals surface area contributed by atoms with Crippen LogP contribution in [0.4, 0.5) is 4.39 Å². The average molecular weight is 234 g/mol. The Balaban J connectivity index is 2.26. The van der Waals surface area contributed by atoms with E-state index in [4.69, 9.17) is 10.0 Å². The van der Waals surface area contributed by atoms with Crippen molar-refractivity contribution in [3.63, 3.8) is 0 Å². The van der Waals surface area contributed by atoms with Gasteiger partial charge in [0.25, 0.3) is 0 Å². The summed E-state index contributed by atoms with van der Waals surface area (Å²) in [7, 11) is -1.66. The summed E-state index contributed by atoms with van der Waals surface area (Å²) in [6.45, 7) is 2.26. The fraction of sp³-hybridized carbons (Fsp3) is 0.182. The fourth-order valence-corrected chi connectivity index (χ4v) is 1.65. The van der Waals surface area contributed by atoms with Gasteiger partial charge in [-0.25, -0.2) is 4.39 Å². The van der Waals surface area contributed by atoms with Crippen molar-refractivity contribution < 1.29 is 14.4 Å². The summed E-state index contributed by atoms with van der Waals surface area (Å²) < 4.78 is 14.9. The first-order chi connectivity index (χ1) is 8.04. The maximum Gasteiger partial charge on any atom is 0.488 e. The van der Waals surface area contributed by atoms with Gasteiger partial charge in [-0.05, 0) is 36.1 Å². The van der Waals surface area contributed by atoms with E-state index in [1.807, 2.05) is 13.0 Å². The number of hydrogen-bond donors (Lipinski definition) is 2. The topological polar surface area (TPSA) is 58.3 Å². The lowest BCUT2D eigenvalue weighted by molar-refractivity contribution is 0.425. The maximum absolute atomic E-state index is 13.2. The fourth-order valence-electron chi connectivity index (χ4n) is 1.65. The van der Waals surface area contributed by atoms with Gasteiger partial charge in [-0.1, -0.05) is 6.07 Å². The Morgan fingerprint density at radius 1 is 1.35 bits per heavy atom. The number of benzene rings is 1. The summed E-state index contributed by atoms with van der Waals surface area (Å²) in [5, 5.41) is 22.2.